The molecule has 0 radical (unpaired) electrons. The number of rotatable bonds is 0. The van der Waals surface area contributed by atoms with Crippen molar-refractivity contribution in [1.82, 2.24) is 0 Å². The molecule has 0 fully saturated rings. The molecule has 1 rings (SSSR count). The number of allylic oxidation sites excluding steroid dienone is 4. The molecule has 0 amide bonds. The lowest BCUT2D eigenvalue weighted by Gasteiger charge is -2.25. The number of nitrogens with zero attached hydrogens (tertiary/aromatic N) is 1. The van der Waals surface area contributed by atoms with Crippen molar-refractivity contribution in [1.29, 1.82) is 5.26 Å². The summed E-state index contributed by atoms with van der Waals surface area (Å²) in [5.41, 5.74) is 3.83. The van der Waals surface area contributed by atoms with Gasteiger partial charge in [-0.3, -0.25) is 0 Å². The van der Waals surface area contributed by atoms with E-state index in [2.05, 4.69) is 53.7 Å². The van der Waals surface area contributed by atoms with Crippen molar-refractivity contribution in [3.8, 4) is 6.07 Å². The van der Waals surface area contributed by atoms with Crippen LogP contribution in [0.25, 0.3) is 0 Å². The van der Waals surface area contributed by atoms with Crippen LogP contribution in [0.5, 0.6) is 0 Å². The molecule has 0 heterocycles. The van der Waals surface area contributed by atoms with E-state index in [1.165, 1.54) is 11.1 Å². The molecule has 82 valence electrons. The van der Waals surface area contributed by atoms with Gasteiger partial charge >= 0.3 is 0 Å². The number of hydrogen-bond donors (Lipinski definition) is 0. The molecule has 0 saturated heterocycles. The fourth-order valence-corrected chi connectivity index (χ4v) is 1.85. The van der Waals surface area contributed by atoms with Crippen molar-refractivity contribution in [2.75, 3.05) is 0 Å². The van der Waals surface area contributed by atoms with E-state index < -0.39 is 0 Å². The van der Waals surface area contributed by atoms with Gasteiger partial charge < -0.3 is 0 Å². The molecule has 1 heteroatoms. The molecule has 0 aliphatic heterocycles. The quantitative estimate of drug-likeness (QED) is 0.578. The Hall–Kier alpha value is -1.03. The minimum Gasteiger partial charge on any atom is -0.192 e. The normalized spacial score (nSPS) is 17.8. The lowest BCUT2D eigenvalue weighted by Crippen LogP contribution is -2.13. The van der Waals surface area contributed by atoms with E-state index >= 15 is 0 Å². The third kappa shape index (κ3) is 2.50. The molecular formula is C14H21N. The van der Waals surface area contributed by atoms with Crippen LogP contribution in [0.2, 0.25) is 0 Å². The molecule has 1 nitrogen and oxygen atoms in total. The highest BCUT2D eigenvalue weighted by Gasteiger charge is 2.30. The van der Waals surface area contributed by atoms with Gasteiger partial charge in [0, 0.05) is 0 Å². The van der Waals surface area contributed by atoms with E-state index in [-0.39, 0.29) is 10.8 Å². The van der Waals surface area contributed by atoms with Crippen LogP contribution in [-0.2, 0) is 0 Å². The molecule has 0 bridgehead atoms. The van der Waals surface area contributed by atoms with E-state index in [0.29, 0.717) is 0 Å². The Morgan fingerprint density at radius 1 is 1.07 bits per heavy atom. The lowest BCUT2D eigenvalue weighted by molar-refractivity contribution is 0.457. The second-order valence-electron chi connectivity index (χ2n) is 6.35. The first-order chi connectivity index (χ1) is 6.66. The van der Waals surface area contributed by atoms with Gasteiger partial charge in [-0.1, -0.05) is 47.1 Å². The Balaban J connectivity index is 3.06. The molecule has 0 saturated carbocycles. The molecule has 0 spiro atoms. The summed E-state index contributed by atoms with van der Waals surface area (Å²) in [5.74, 6) is 0. The van der Waals surface area contributed by atoms with Crippen LogP contribution >= 0.6 is 0 Å². The minimum atomic E-state index is 0.106. The van der Waals surface area contributed by atoms with Crippen molar-refractivity contribution < 1.29 is 0 Å². The van der Waals surface area contributed by atoms with E-state index in [1.54, 1.807) is 0 Å². The second kappa shape index (κ2) is 3.52. The van der Waals surface area contributed by atoms with Crippen molar-refractivity contribution in [3.05, 3.63) is 22.8 Å². The summed E-state index contributed by atoms with van der Waals surface area (Å²) < 4.78 is 0. The summed E-state index contributed by atoms with van der Waals surface area (Å²) in [5, 5.41) is 9.13. The third-order valence-corrected chi connectivity index (χ3v) is 3.00. The van der Waals surface area contributed by atoms with Crippen LogP contribution in [-0.4, -0.2) is 0 Å². The van der Waals surface area contributed by atoms with Crippen molar-refractivity contribution >= 4 is 0 Å². The molecule has 0 aromatic carbocycles. The average Bonchev–Trinajstić information content (AvgIpc) is 2.44. The summed E-state index contributed by atoms with van der Waals surface area (Å²) in [6.45, 7) is 13.2. The smallest absolute Gasteiger partial charge is 0.0991 e. The van der Waals surface area contributed by atoms with Gasteiger partial charge in [0.05, 0.1) is 11.6 Å². The fourth-order valence-electron chi connectivity index (χ4n) is 1.85. The maximum Gasteiger partial charge on any atom is 0.0991 e. The molecule has 0 unspecified atom stereocenters. The predicted octanol–water partition coefficient (Wildman–Crippen LogP) is 4.23. The highest BCUT2D eigenvalue weighted by Crippen LogP contribution is 2.43. The molecule has 0 aromatic rings. The monoisotopic (exact) mass is 203 g/mol. The minimum absolute atomic E-state index is 0.106. The Morgan fingerprint density at radius 2 is 1.60 bits per heavy atom. The predicted molar refractivity (Wildman–Crippen MR) is 64.2 cm³/mol. The third-order valence-electron chi connectivity index (χ3n) is 3.00. The lowest BCUT2D eigenvalue weighted by atomic mass is 9.79. The van der Waals surface area contributed by atoms with Gasteiger partial charge in [0.1, 0.15) is 0 Å². The van der Waals surface area contributed by atoms with Crippen LogP contribution in [0.4, 0.5) is 0 Å². The molecule has 0 N–H and O–H groups in total. The van der Waals surface area contributed by atoms with Gasteiger partial charge in [-0.15, -0.1) is 0 Å². The Kier molecular flexibility index (Phi) is 2.83. The van der Waals surface area contributed by atoms with E-state index in [4.69, 9.17) is 5.26 Å². The molecule has 1 aliphatic rings. The number of nitriles is 1. The van der Waals surface area contributed by atoms with Gasteiger partial charge in [-0.2, -0.15) is 5.26 Å². The summed E-state index contributed by atoms with van der Waals surface area (Å²) in [7, 11) is 0. The Bertz CT molecular complexity index is 362. The standard InChI is InChI=1S/C14H21N/c1-13(2,3)11-7-10(9-15)12(8-11)14(4,5)6/h7H,8H2,1-6H3. The zero-order valence-electron chi connectivity index (χ0n) is 10.7. The first-order valence-electron chi connectivity index (χ1n) is 5.51. The van der Waals surface area contributed by atoms with Gasteiger partial charge in [-0.25, -0.2) is 0 Å². The molecule has 0 aromatic heterocycles. The van der Waals surface area contributed by atoms with E-state index in [0.717, 1.165) is 12.0 Å². The van der Waals surface area contributed by atoms with Crippen LogP contribution in [0, 0.1) is 22.2 Å². The number of hydrogen-bond acceptors (Lipinski definition) is 1. The van der Waals surface area contributed by atoms with Crippen LogP contribution in [0.3, 0.4) is 0 Å². The Morgan fingerprint density at radius 3 is 1.87 bits per heavy atom. The van der Waals surface area contributed by atoms with Crippen molar-refractivity contribution in [2.24, 2.45) is 10.8 Å². The zero-order valence-corrected chi connectivity index (χ0v) is 10.7. The summed E-state index contributed by atoms with van der Waals surface area (Å²) in [6.07, 6.45) is 3.05. The van der Waals surface area contributed by atoms with Crippen molar-refractivity contribution in [3.63, 3.8) is 0 Å². The SMILES string of the molecule is CC(C)(C)C1=CC(C#N)=C(C(C)(C)C)C1. The van der Waals surface area contributed by atoms with Gasteiger partial charge in [0.2, 0.25) is 0 Å². The van der Waals surface area contributed by atoms with Crippen LogP contribution in [0.15, 0.2) is 22.8 Å². The largest absolute Gasteiger partial charge is 0.192 e. The molecule has 15 heavy (non-hydrogen) atoms. The zero-order chi connectivity index (χ0) is 11.9. The summed E-state index contributed by atoms with van der Waals surface area (Å²) in [6, 6.07) is 2.33. The molecule has 1 aliphatic carbocycles. The first kappa shape index (κ1) is 12.0. The molecule has 0 atom stereocenters. The van der Waals surface area contributed by atoms with Gasteiger partial charge in [0.25, 0.3) is 0 Å². The summed E-state index contributed by atoms with van der Waals surface area (Å²) >= 11 is 0. The van der Waals surface area contributed by atoms with Crippen molar-refractivity contribution in [2.45, 2.75) is 48.0 Å². The van der Waals surface area contributed by atoms with E-state index in [9.17, 15) is 0 Å². The highest BCUT2D eigenvalue weighted by atomic mass is 14.4. The Labute approximate surface area is 93.5 Å². The first-order valence-corrected chi connectivity index (χ1v) is 5.51. The van der Waals surface area contributed by atoms with E-state index in [1.807, 2.05) is 0 Å². The highest BCUT2D eigenvalue weighted by molar-refractivity contribution is 5.50. The second-order valence-corrected chi connectivity index (χ2v) is 6.35. The van der Waals surface area contributed by atoms with Gasteiger partial charge in [0.15, 0.2) is 0 Å². The topological polar surface area (TPSA) is 23.8 Å². The average molecular weight is 203 g/mol. The maximum absolute atomic E-state index is 9.13. The molecular weight excluding hydrogens is 182 g/mol. The van der Waals surface area contributed by atoms with Gasteiger partial charge in [-0.05, 0) is 28.9 Å². The van der Waals surface area contributed by atoms with Crippen LogP contribution < -0.4 is 0 Å². The van der Waals surface area contributed by atoms with Crippen LogP contribution in [0.1, 0.15) is 48.0 Å². The fraction of sp³-hybridized carbons (Fsp3) is 0.643. The maximum atomic E-state index is 9.13. The summed E-state index contributed by atoms with van der Waals surface area (Å²) in [4.78, 5) is 0.